The van der Waals surface area contributed by atoms with E-state index in [-0.39, 0.29) is 31.9 Å². The van der Waals surface area contributed by atoms with Gasteiger partial charge in [0, 0.05) is 18.9 Å². The summed E-state index contributed by atoms with van der Waals surface area (Å²) in [5, 5.41) is 13.1. The van der Waals surface area contributed by atoms with Crippen molar-refractivity contribution in [1.29, 1.82) is 0 Å². The van der Waals surface area contributed by atoms with Crippen molar-refractivity contribution in [3.8, 4) is 5.88 Å². The molecule has 2 aromatic rings. The van der Waals surface area contributed by atoms with Crippen LogP contribution in [0.3, 0.4) is 0 Å². The second-order valence-corrected chi connectivity index (χ2v) is 7.09. The molecule has 0 saturated heterocycles. The third kappa shape index (κ3) is 2.76. The fraction of sp³-hybridized carbons (Fsp3) is 0.167. The molecule has 0 aliphatic rings. The maximum absolute atomic E-state index is 12.3. The van der Waals surface area contributed by atoms with Crippen LogP contribution in [0.4, 0.5) is 0 Å². The summed E-state index contributed by atoms with van der Waals surface area (Å²) in [6.45, 7) is 0. The average Bonchev–Trinajstić information content (AvgIpc) is 2.71. The van der Waals surface area contributed by atoms with Crippen molar-refractivity contribution in [3.63, 3.8) is 0 Å². The monoisotopic (exact) mass is 348 g/mol. The van der Waals surface area contributed by atoms with Crippen LogP contribution in [0.25, 0.3) is 0 Å². The second kappa shape index (κ2) is 5.32. The number of aromatic hydroxyl groups is 1. The molecule has 0 atom stereocenters. The number of rotatable bonds is 3. The molecule has 0 aliphatic heterocycles. The topological polar surface area (TPSA) is 89.3 Å². The highest BCUT2D eigenvalue weighted by Gasteiger charge is 2.24. The molecule has 0 spiro atoms. The molecule has 9 heteroatoms. The van der Waals surface area contributed by atoms with Crippen molar-refractivity contribution in [3.05, 3.63) is 39.5 Å². The minimum absolute atomic E-state index is 0.0163. The summed E-state index contributed by atoms with van der Waals surface area (Å²) in [6.07, 6.45) is 2.17. The first-order valence-corrected chi connectivity index (χ1v) is 8.23. The molecular weight excluding hydrogens is 339 g/mol. The maximum atomic E-state index is 12.3. The maximum Gasteiger partial charge on any atom is 0.220 e. The van der Waals surface area contributed by atoms with E-state index in [9.17, 15) is 18.3 Å². The minimum atomic E-state index is -3.56. The number of sulfone groups is 1. The SMILES string of the molecule is Cn1ncc(C(=O)c2ccc(S(C)(=O)=O)c(Cl)c2Cl)c1O. The van der Waals surface area contributed by atoms with Crippen LogP contribution in [0.15, 0.2) is 23.2 Å². The Balaban J connectivity index is 2.59. The van der Waals surface area contributed by atoms with E-state index >= 15 is 0 Å². The van der Waals surface area contributed by atoms with E-state index in [0.717, 1.165) is 10.9 Å². The molecule has 1 heterocycles. The molecule has 0 fully saturated rings. The quantitative estimate of drug-likeness (QED) is 0.857. The molecule has 112 valence electrons. The summed E-state index contributed by atoms with van der Waals surface area (Å²) in [7, 11) is -2.09. The highest BCUT2D eigenvalue weighted by atomic mass is 35.5. The van der Waals surface area contributed by atoms with Crippen LogP contribution in [-0.4, -0.2) is 35.3 Å². The zero-order valence-electron chi connectivity index (χ0n) is 11.0. The van der Waals surface area contributed by atoms with E-state index in [1.807, 2.05) is 0 Å². The zero-order chi connectivity index (χ0) is 15.9. The summed E-state index contributed by atoms with van der Waals surface area (Å²) in [5.41, 5.74) is -0.0695. The summed E-state index contributed by atoms with van der Waals surface area (Å²) in [4.78, 5) is 12.1. The van der Waals surface area contributed by atoms with Crippen LogP contribution in [-0.2, 0) is 16.9 Å². The molecule has 0 saturated carbocycles. The van der Waals surface area contributed by atoms with Gasteiger partial charge in [-0.05, 0) is 12.1 Å². The van der Waals surface area contributed by atoms with Crippen molar-refractivity contribution >= 4 is 38.8 Å². The number of aromatic nitrogens is 2. The van der Waals surface area contributed by atoms with E-state index in [1.165, 1.54) is 25.4 Å². The predicted molar refractivity (Wildman–Crippen MR) is 77.9 cm³/mol. The first kappa shape index (κ1) is 15.8. The van der Waals surface area contributed by atoms with Gasteiger partial charge in [-0.25, -0.2) is 13.1 Å². The lowest BCUT2D eigenvalue weighted by Gasteiger charge is -2.08. The molecule has 1 aromatic heterocycles. The molecule has 0 amide bonds. The third-order valence-corrected chi connectivity index (χ3v) is 4.98. The first-order valence-electron chi connectivity index (χ1n) is 5.58. The number of aryl methyl sites for hydroxylation is 1. The Kier molecular flexibility index (Phi) is 4.01. The van der Waals surface area contributed by atoms with Gasteiger partial charge in [-0.3, -0.25) is 4.79 Å². The van der Waals surface area contributed by atoms with Crippen molar-refractivity contribution in [2.24, 2.45) is 7.05 Å². The summed E-state index contributed by atoms with van der Waals surface area (Å²) in [6, 6.07) is 2.45. The number of carbonyl (C=O) groups is 1. The Morgan fingerprint density at radius 3 is 2.33 bits per heavy atom. The molecular formula is C12H10Cl2N2O4S. The normalized spacial score (nSPS) is 11.6. The number of benzene rings is 1. The molecule has 21 heavy (non-hydrogen) atoms. The lowest BCUT2D eigenvalue weighted by atomic mass is 10.1. The summed E-state index contributed by atoms with van der Waals surface area (Å²) >= 11 is 11.9. The Labute approximate surface area is 130 Å². The molecule has 1 N–H and O–H groups in total. The van der Waals surface area contributed by atoms with Crippen LogP contribution in [0.2, 0.25) is 10.0 Å². The van der Waals surface area contributed by atoms with Gasteiger partial charge in [0.25, 0.3) is 0 Å². The van der Waals surface area contributed by atoms with Crippen LogP contribution in [0.1, 0.15) is 15.9 Å². The zero-order valence-corrected chi connectivity index (χ0v) is 13.3. The fourth-order valence-corrected chi connectivity index (χ4v) is 3.36. The molecule has 6 nitrogen and oxygen atoms in total. The predicted octanol–water partition coefficient (Wildman–Crippen LogP) is 2.07. The van der Waals surface area contributed by atoms with Crippen LogP contribution in [0, 0.1) is 0 Å². The van der Waals surface area contributed by atoms with Crippen molar-refractivity contribution in [1.82, 2.24) is 9.78 Å². The lowest BCUT2D eigenvalue weighted by molar-refractivity contribution is 0.103. The van der Waals surface area contributed by atoms with Crippen molar-refractivity contribution < 1.29 is 18.3 Å². The third-order valence-electron chi connectivity index (χ3n) is 2.84. The Bertz CT molecular complexity index is 843. The van der Waals surface area contributed by atoms with E-state index in [2.05, 4.69) is 5.10 Å². The number of hydrogen-bond acceptors (Lipinski definition) is 5. The standard InChI is InChI=1S/C12H10Cl2N2O4S/c1-16-12(18)7(5-15-16)11(17)6-3-4-8(21(2,19)20)10(14)9(6)13/h3-5,18H,1-2H3. The molecule has 0 radical (unpaired) electrons. The molecule has 0 bridgehead atoms. The largest absolute Gasteiger partial charge is 0.493 e. The van der Waals surface area contributed by atoms with Crippen molar-refractivity contribution in [2.75, 3.05) is 6.26 Å². The van der Waals surface area contributed by atoms with Crippen LogP contribution < -0.4 is 0 Å². The number of hydrogen-bond donors (Lipinski definition) is 1. The second-order valence-electron chi connectivity index (χ2n) is 4.35. The molecule has 0 aliphatic carbocycles. The van der Waals surface area contributed by atoms with E-state index in [4.69, 9.17) is 23.2 Å². The Hall–Kier alpha value is -1.57. The van der Waals surface area contributed by atoms with Crippen LogP contribution in [0.5, 0.6) is 5.88 Å². The van der Waals surface area contributed by atoms with Gasteiger partial charge in [-0.15, -0.1) is 0 Å². The van der Waals surface area contributed by atoms with E-state index in [0.29, 0.717) is 0 Å². The van der Waals surface area contributed by atoms with Crippen LogP contribution >= 0.6 is 23.2 Å². The van der Waals surface area contributed by atoms with Gasteiger partial charge >= 0.3 is 0 Å². The Morgan fingerprint density at radius 1 is 1.24 bits per heavy atom. The summed E-state index contributed by atoms with van der Waals surface area (Å²) in [5.74, 6) is -0.924. The molecule has 1 aromatic carbocycles. The first-order chi connectivity index (χ1) is 9.64. The number of halogens is 2. The number of nitrogens with zero attached hydrogens (tertiary/aromatic N) is 2. The van der Waals surface area contributed by atoms with Gasteiger partial charge in [0.1, 0.15) is 5.56 Å². The van der Waals surface area contributed by atoms with Gasteiger partial charge in [-0.2, -0.15) is 5.10 Å². The van der Waals surface area contributed by atoms with E-state index in [1.54, 1.807) is 0 Å². The highest BCUT2D eigenvalue weighted by molar-refractivity contribution is 7.90. The molecule has 0 unspecified atom stereocenters. The number of carbonyl (C=O) groups excluding carboxylic acids is 1. The van der Waals surface area contributed by atoms with Gasteiger partial charge in [0.15, 0.2) is 9.84 Å². The van der Waals surface area contributed by atoms with Gasteiger partial charge in [0.2, 0.25) is 11.7 Å². The van der Waals surface area contributed by atoms with Gasteiger partial charge in [0.05, 0.1) is 21.1 Å². The smallest absolute Gasteiger partial charge is 0.220 e. The minimum Gasteiger partial charge on any atom is -0.493 e. The van der Waals surface area contributed by atoms with Crippen molar-refractivity contribution in [2.45, 2.75) is 4.90 Å². The van der Waals surface area contributed by atoms with E-state index < -0.39 is 15.6 Å². The fourth-order valence-electron chi connectivity index (χ4n) is 1.73. The lowest BCUT2D eigenvalue weighted by Crippen LogP contribution is -2.05. The average molecular weight is 349 g/mol. The number of ketones is 1. The summed E-state index contributed by atoms with van der Waals surface area (Å²) < 4.78 is 24.2. The van der Waals surface area contributed by atoms with Gasteiger partial charge < -0.3 is 5.11 Å². The Morgan fingerprint density at radius 2 is 1.86 bits per heavy atom. The highest BCUT2D eigenvalue weighted by Crippen LogP contribution is 2.34. The molecule has 2 rings (SSSR count). The van der Waals surface area contributed by atoms with Gasteiger partial charge in [-0.1, -0.05) is 23.2 Å².